The molecule has 16 heavy (non-hydrogen) atoms. The molecule has 0 fully saturated rings. The molecule has 1 N–H and O–H groups in total. The maximum atomic E-state index is 4.21. The first-order valence-electron chi connectivity index (χ1n) is 5.34. The molecule has 0 aliphatic rings. The normalized spacial score (nSPS) is 10.6. The zero-order chi connectivity index (χ0) is 11.4. The molecule has 2 aromatic heterocycles. The third-order valence-electron chi connectivity index (χ3n) is 2.73. The maximum absolute atomic E-state index is 4.21. The van der Waals surface area contributed by atoms with Crippen LogP contribution in [0.5, 0.6) is 0 Å². The lowest BCUT2D eigenvalue weighted by atomic mass is 10.2. The highest BCUT2D eigenvalue weighted by molar-refractivity contribution is 5.16. The van der Waals surface area contributed by atoms with Gasteiger partial charge in [-0.1, -0.05) is 0 Å². The summed E-state index contributed by atoms with van der Waals surface area (Å²) in [6.07, 6.45) is 5.54. The first kappa shape index (κ1) is 10.8. The van der Waals surface area contributed by atoms with Crippen molar-refractivity contribution in [2.75, 3.05) is 0 Å². The Morgan fingerprint density at radius 2 is 2.00 bits per heavy atom. The van der Waals surface area contributed by atoms with Gasteiger partial charge in [-0.25, -0.2) is 0 Å². The Labute approximate surface area is 95.3 Å². The van der Waals surface area contributed by atoms with Gasteiger partial charge in [-0.3, -0.25) is 9.67 Å². The number of hydrogen-bond acceptors (Lipinski definition) is 3. The van der Waals surface area contributed by atoms with Gasteiger partial charge in [0.2, 0.25) is 0 Å². The lowest BCUT2D eigenvalue weighted by Crippen LogP contribution is -2.13. The standard InChI is InChI=1S/C12H16N4/c1-10-12(9-15-16(10)2)8-14-7-11-3-5-13-6-4-11/h3-6,9,14H,7-8H2,1-2H3. The highest BCUT2D eigenvalue weighted by Gasteiger charge is 2.02. The molecule has 0 aliphatic carbocycles. The molecular weight excluding hydrogens is 200 g/mol. The number of rotatable bonds is 4. The summed E-state index contributed by atoms with van der Waals surface area (Å²) in [6.45, 7) is 3.79. The number of aryl methyl sites for hydroxylation is 1. The summed E-state index contributed by atoms with van der Waals surface area (Å²) < 4.78 is 1.89. The lowest BCUT2D eigenvalue weighted by molar-refractivity contribution is 0.684. The average Bonchev–Trinajstić information content (AvgIpc) is 2.62. The predicted octanol–water partition coefficient (Wildman–Crippen LogP) is 1.41. The fraction of sp³-hybridized carbons (Fsp3) is 0.333. The Balaban J connectivity index is 1.87. The van der Waals surface area contributed by atoms with Gasteiger partial charge in [0.15, 0.2) is 0 Å². The molecule has 0 bridgehead atoms. The van der Waals surface area contributed by atoms with E-state index in [9.17, 15) is 0 Å². The van der Waals surface area contributed by atoms with E-state index in [1.807, 2.05) is 42.5 Å². The summed E-state index contributed by atoms with van der Waals surface area (Å²) >= 11 is 0. The predicted molar refractivity (Wildman–Crippen MR) is 62.7 cm³/mol. The van der Waals surface area contributed by atoms with Gasteiger partial charge in [0.05, 0.1) is 6.20 Å². The van der Waals surface area contributed by atoms with Gasteiger partial charge in [-0.2, -0.15) is 5.10 Å². The van der Waals surface area contributed by atoms with Gasteiger partial charge < -0.3 is 5.32 Å². The molecule has 4 nitrogen and oxygen atoms in total. The fourth-order valence-electron chi connectivity index (χ4n) is 1.56. The first-order chi connectivity index (χ1) is 7.77. The van der Waals surface area contributed by atoms with E-state index >= 15 is 0 Å². The van der Waals surface area contributed by atoms with Crippen molar-refractivity contribution in [3.05, 3.63) is 47.5 Å². The highest BCUT2D eigenvalue weighted by Crippen LogP contribution is 2.05. The van der Waals surface area contributed by atoms with Crippen molar-refractivity contribution >= 4 is 0 Å². The van der Waals surface area contributed by atoms with Crippen LogP contribution in [0, 0.1) is 6.92 Å². The maximum Gasteiger partial charge on any atom is 0.0537 e. The van der Waals surface area contributed by atoms with Crippen LogP contribution in [0.4, 0.5) is 0 Å². The quantitative estimate of drug-likeness (QED) is 0.840. The van der Waals surface area contributed by atoms with Crippen molar-refractivity contribution in [3.63, 3.8) is 0 Å². The molecule has 0 saturated carbocycles. The molecule has 2 aromatic rings. The molecule has 0 saturated heterocycles. The minimum Gasteiger partial charge on any atom is -0.308 e. The van der Waals surface area contributed by atoms with Crippen LogP contribution < -0.4 is 5.32 Å². The molecule has 2 rings (SSSR count). The van der Waals surface area contributed by atoms with Crippen LogP contribution in [0.25, 0.3) is 0 Å². The smallest absolute Gasteiger partial charge is 0.0537 e. The summed E-state index contributed by atoms with van der Waals surface area (Å²) in [5.74, 6) is 0. The third kappa shape index (κ3) is 2.46. The van der Waals surface area contributed by atoms with Gasteiger partial charge in [-0.05, 0) is 24.6 Å². The zero-order valence-electron chi connectivity index (χ0n) is 9.64. The molecular formula is C12H16N4. The molecule has 0 amide bonds. The third-order valence-corrected chi connectivity index (χ3v) is 2.73. The van der Waals surface area contributed by atoms with Gasteiger partial charge in [0.1, 0.15) is 0 Å². The van der Waals surface area contributed by atoms with Crippen molar-refractivity contribution in [3.8, 4) is 0 Å². The van der Waals surface area contributed by atoms with E-state index in [2.05, 4.69) is 22.3 Å². The Hall–Kier alpha value is -1.68. The van der Waals surface area contributed by atoms with Gasteiger partial charge in [-0.15, -0.1) is 0 Å². The number of pyridine rings is 1. The Morgan fingerprint density at radius 1 is 1.25 bits per heavy atom. The highest BCUT2D eigenvalue weighted by atomic mass is 15.3. The molecule has 0 aromatic carbocycles. The number of aromatic nitrogens is 3. The summed E-state index contributed by atoms with van der Waals surface area (Å²) in [7, 11) is 1.96. The van der Waals surface area contributed by atoms with E-state index in [4.69, 9.17) is 0 Å². The van der Waals surface area contributed by atoms with Gasteiger partial charge >= 0.3 is 0 Å². The Bertz CT molecular complexity index is 447. The van der Waals surface area contributed by atoms with Crippen molar-refractivity contribution < 1.29 is 0 Å². The molecule has 4 heteroatoms. The number of hydrogen-bond donors (Lipinski definition) is 1. The van der Waals surface area contributed by atoms with Crippen molar-refractivity contribution in [2.45, 2.75) is 20.0 Å². The second kappa shape index (κ2) is 4.90. The van der Waals surface area contributed by atoms with Crippen LogP contribution in [0.1, 0.15) is 16.8 Å². The monoisotopic (exact) mass is 216 g/mol. The Morgan fingerprint density at radius 3 is 2.62 bits per heavy atom. The molecule has 0 unspecified atom stereocenters. The SMILES string of the molecule is Cc1c(CNCc2ccncc2)cnn1C. The second-order valence-corrected chi connectivity index (χ2v) is 3.84. The minimum absolute atomic E-state index is 0.849. The molecule has 0 aliphatic heterocycles. The first-order valence-corrected chi connectivity index (χ1v) is 5.34. The van der Waals surface area contributed by atoms with Crippen LogP contribution in [-0.2, 0) is 20.1 Å². The van der Waals surface area contributed by atoms with E-state index in [0.717, 1.165) is 13.1 Å². The van der Waals surface area contributed by atoms with E-state index in [0.29, 0.717) is 0 Å². The molecule has 84 valence electrons. The van der Waals surface area contributed by atoms with Crippen LogP contribution in [0.3, 0.4) is 0 Å². The summed E-state index contributed by atoms with van der Waals surface area (Å²) in [5, 5.41) is 7.60. The van der Waals surface area contributed by atoms with Crippen LogP contribution in [-0.4, -0.2) is 14.8 Å². The minimum atomic E-state index is 0.849. The van der Waals surface area contributed by atoms with Crippen LogP contribution in [0.15, 0.2) is 30.7 Å². The second-order valence-electron chi connectivity index (χ2n) is 3.84. The number of nitrogens with zero attached hydrogens (tertiary/aromatic N) is 3. The molecule has 0 spiro atoms. The van der Waals surface area contributed by atoms with Gasteiger partial charge in [0, 0.05) is 43.8 Å². The van der Waals surface area contributed by atoms with E-state index in [1.54, 1.807) is 0 Å². The van der Waals surface area contributed by atoms with Crippen molar-refractivity contribution in [1.82, 2.24) is 20.1 Å². The van der Waals surface area contributed by atoms with Crippen LogP contribution in [0.2, 0.25) is 0 Å². The van der Waals surface area contributed by atoms with E-state index in [-0.39, 0.29) is 0 Å². The fourth-order valence-corrected chi connectivity index (χ4v) is 1.56. The Kier molecular flexibility index (Phi) is 3.31. The molecule has 0 radical (unpaired) electrons. The summed E-state index contributed by atoms with van der Waals surface area (Å²) in [5.41, 5.74) is 3.70. The molecule has 2 heterocycles. The average molecular weight is 216 g/mol. The number of nitrogens with one attached hydrogen (secondary N) is 1. The van der Waals surface area contributed by atoms with Crippen molar-refractivity contribution in [1.29, 1.82) is 0 Å². The summed E-state index contributed by atoms with van der Waals surface area (Å²) in [6, 6.07) is 4.03. The topological polar surface area (TPSA) is 42.7 Å². The zero-order valence-corrected chi connectivity index (χ0v) is 9.64. The van der Waals surface area contributed by atoms with E-state index in [1.165, 1.54) is 16.8 Å². The summed E-state index contributed by atoms with van der Waals surface area (Å²) in [4.78, 5) is 3.99. The largest absolute Gasteiger partial charge is 0.308 e. The lowest BCUT2D eigenvalue weighted by Gasteiger charge is -2.04. The van der Waals surface area contributed by atoms with Crippen LogP contribution >= 0.6 is 0 Å². The van der Waals surface area contributed by atoms with Crippen molar-refractivity contribution in [2.24, 2.45) is 7.05 Å². The molecule has 0 atom stereocenters. The van der Waals surface area contributed by atoms with E-state index < -0.39 is 0 Å². The van der Waals surface area contributed by atoms with Gasteiger partial charge in [0.25, 0.3) is 0 Å².